The molecule has 0 aliphatic rings. The van der Waals surface area contributed by atoms with Crippen molar-refractivity contribution >= 4 is 18.4 Å². The van der Waals surface area contributed by atoms with Crippen LogP contribution in [0.25, 0.3) is 0 Å². The zero-order valence-corrected chi connectivity index (χ0v) is 10.4. The molecule has 0 spiro atoms. The first-order valence-corrected chi connectivity index (χ1v) is 4.89. The maximum atomic E-state index is 13.1. The second-order valence-electron chi connectivity index (χ2n) is 3.56. The molecular weight excluding hydrogens is 268 g/mol. The highest BCUT2D eigenvalue weighted by Gasteiger charge is 2.37. The van der Waals surface area contributed by atoms with Crippen molar-refractivity contribution in [3.8, 4) is 5.75 Å². The third kappa shape index (κ3) is 4.21. The van der Waals surface area contributed by atoms with Crippen molar-refractivity contribution in [2.24, 2.45) is 5.73 Å². The first kappa shape index (κ1) is 16.8. The number of hydrogen-bond donors (Lipinski definition) is 2. The van der Waals surface area contributed by atoms with Gasteiger partial charge in [-0.3, -0.25) is 4.79 Å². The van der Waals surface area contributed by atoms with Crippen LogP contribution >= 0.6 is 12.4 Å². The molecule has 4 nitrogen and oxygen atoms in total. The van der Waals surface area contributed by atoms with E-state index in [1.54, 1.807) is 0 Å². The average molecular weight is 282 g/mol. The zero-order chi connectivity index (χ0) is 13.1. The van der Waals surface area contributed by atoms with Crippen molar-refractivity contribution in [3.63, 3.8) is 0 Å². The number of benzene rings is 1. The van der Waals surface area contributed by atoms with Gasteiger partial charge < -0.3 is 15.6 Å². The smallest absolute Gasteiger partial charge is 0.308 e. The number of halogens is 3. The number of rotatable bonds is 4. The van der Waals surface area contributed by atoms with E-state index in [9.17, 15) is 13.6 Å². The second kappa shape index (κ2) is 6.63. The predicted molar refractivity (Wildman–Crippen MR) is 64.0 cm³/mol. The molecule has 0 fully saturated rings. The minimum atomic E-state index is -3.39. The number of carbonyl (C=O) groups excluding carboxylic acids is 1. The van der Waals surface area contributed by atoms with Gasteiger partial charge in [0, 0.05) is 6.92 Å². The van der Waals surface area contributed by atoms with E-state index in [4.69, 9.17) is 15.6 Å². The Morgan fingerprint density at radius 1 is 1.44 bits per heavy atom. The maximum absolute atomic E-state index is 13.1. The van der Waals surface area contributed by atoms with Crippen LogP contribution in [-0.2, 0) is 4.79 Å². The summed E-state index contributed by atoms with van der Waals surface area (Å²) in [6, 6.07) is 3.78. The van der Waals surface area contributed by atoms with E-state index in [-0.39, 0.29) is 23.7 Å². The monoisotopic (exact) mass is 281 g/mol. The van der Waals surface area contributed by atoms with Crippen molar-refractivity contribution < 1.29 is 23.4 Å². The zero-order valence-electron chi connectivity index (χ0n) is 9.60. The molecule has 0 aromatic heterocycles. The quantitative estimate of drug-likeness (QED) is 0.650. The molecular formula is C11H14ClF2NO3. The van der Waals surface area contributed by atoms with Crippen LogP contribution in [0.1, 0.15) is 18.5 Å². The Hall–Kier alpha value is -1.24. The normalized spacial score (nSPS) is 12.5. The average Bonchev–Trinajstić information content (AvgIpc) is 2.28. The predicted octanol–water partition coefficient (Wildman–Crippen LogP) is 1.66. The number of nitrogens with two attached hydrogens (primary N) is 1. The fourth-order valence-corrected chi connectivity index (χ4v) is 1.25. The number of carbonyl (C=O) groups is 1. The van der Waals surface area contributed by atoms with Crippen LogP contribution in [0.3, 0.4) is 0 Å². The minimum Gasteiger partial charge on any atom is -0.427 e. The van der Waals surface area contributed by atoms with Gasteiger partial charge in [0.05, 0.1) is 6.04 Å². The molecule has 0 saturated heterocycles. The minimum absolute atomic E-state index is 0. The van der Waals surface area contributed by atoms with E-state index in [0.29, 0.717) is 0 Å². The largest absolute Gasteiger partial charge is 0.427 e. The summed E-state index contributed by atoms with van der Waals surface area (Å²) in [7, 11) is 0. The topological polar surface area (TPSA) is 72.5 Å². The van der Waals surface area contributed by atoms with E-state index >= 15 is 0 Å². The van der Waals surface area contributed by atoms with Gasteiger partial charge in [0.2, 0.25) is 0 Å². The molecule has 0 radical (unpaired) electrons. The Morgan fingerprint density at radius 2 is 1.94 bits per heavy atom. The molecule has 1 rings (SSSR count). The summed E-state index contributed by atoms with van der Waals surface area (Å²) >= 11 is 0. The third-order valence-electron chi connectivity index (χ3n) is 2.17. The summed E-state index contributed by atoms with van der Waals surface area (Å²) in [4.78, 5) is 10.6. The van der Waals surface area contributed by atoms with Crippen LogP contribution in [0, 0.1) is 0 Å². The Labute approximate surface area is 109 Å². The molecule has 7 heteroatoms. The molecule has 0 aliphatic carbocycles. The molecule has 0 heterocycles. The summed E-state index contributed by atoms with van der Waals surface area (Å²) in [5, 5.41) is 8.50. The van der Waals surface area contributed by atoms with E-state index in [1.165, 1.54) is 31.2 Å². The molecule has 1 atom stereocenters. The van der Waals surface area contributed by atoms with Crippen LogP contribution in [-0.4, -0.2) is 23.6 Å². The molecule has 0 bridgehead atoms. The molecule has 0 saturated carbocycles. The summed E-state index contributed by atoms with van der Waals surface area (Å²) < 4.78 is 30.9. The fourth-order valence-electron chi connectivity index (χ4n) is 1.25. The van der Waals surface area contributed by atoms with Gasteiger partial charge in [-0.25, -0.2) is 8.78 Å². The number of ether oxygens (including phenoxy) is 1. The summed E-state index contributed by atoms with van der Waals surface area (Å²) in [5.41, 5.74) is 5.47. The van der Waals surface area contributed by atoms with Crippen molar-refractivity contribution in [1.29, 1.82) is 0 Å². The number of alkyl halides is 2. The first-order chi connectivity index (χ1) is 7.86. The highest BCUT2D eigenvalue weighted by Crippen LogP contribution is 2.29. The van der Waals surface area contributed by atoms with Crippen LogP contribution in [0.5, 0.6) is 5.75 Å². The van der Waals surface area contributed by atoms with Crippen LogP contribution in [0.4, 0.5) is 8.78 Å². The van der Waals surface area contributed by atoms with Gasteiger partial charge in [-0.05, 0) is 17.7 Å². The lowest BCUT2D eigenvalue weighted by molar-refractivity contribution is -0.131. The summed E-state index contributed by atoms with van der Waals surface area (Å²) in [6.45, 7) is -0.0839. The molecule has 0 amide bonds. The molecule has 102 valence electrons. The molecule has 0 aliphatic heterocycles. The molecule has 1 aromatic rings. The lowest BCUT2D eigenvalue weighted by Crippen LogP contribution is -2.36. The standard InChI is InChI=1S/C11H13F2NO3.ClH/c1-7(16)17-9-4-2-8(3-5-9)10(14)11(12,13)6-15;/h2-5,10,15H,6,14H2,1H3;1H/t10-;/m1./s1. The number of hydrogen-bond acceptors (Lipinski definition) is 4. The van der Waals surface area contributed by atoms with Crippen molar-refractivity contribution in [3.05, 3.63) is 29.8 Å². The Bertz CT molecular complexity index is 398. The van der Waals surface area contributed by atoms with Crippen molar-refractivity contribution in [2.45, 2.75) is 18.9 Å². The van der Waals surface area contributed by atoms with E-state index in [2.05, 4.69) is 0 Å². The third-order valence-corrected chi connectivity index (χ3v) is 2.17. The van der Waals surface area contributed by atoms with Gasteiger partial charge >= 0.3 is 5.97 Å². The van der Waals surface area contributed by atoms with Gasteiger partial charge in [0.25, 0.3) is 5.92 Å². The van der Waals surface area contributed by atoms with E-state index in [0.717, 1.165) is 0 Å². The van der Waals surface area contributed by atoms with Gasteiger partial charge in [0.1, 0.15) is 12.4 Å². The summed E-state index contributed by atoms with van der Waals surface area (Å²) in [6.07, 6.45) is 0. The number of aliphatic hydroxyl groups is 1. The highest BCUT2D eigenvalue weighted by atomic mass is 35.5. The lowest BCUT2D eigenvalue weighted by Gasteiger charge is -2.21. The van der Waals surface area contributed by atoms with Crippen molar-refractivity contribution in [1.82, 2.24) is 0 Å². The lowest BCUT2D eigenvalue weighted by atomic mass is 10.0. The molecule has 3 N–H and O–H groups in total. The van der Waals surface area contributed by atoms with E-state index in [1.807, 2.05) is 0 Å². The van der Waals surface area contributed by atoms with Gasteiger partial charge in [-0.2, -0.15) is 0 Å². The van der Waals surface area contributed by atoms with Crippen LogP contribution in [0.2, 0.25) is 0 Å². The molecule has 1 aromatic carbocycles. The van der Waals surface area contributed by atoms with E-state index < -0.39 is 24.5 Å². The Kier molecular flexibility index (Phi) is 6.17. The Balaban J connectivity index is 0.00000289. The highest BCUT2D eigenvalue weighted by molar-refractivity contribution is 5.85. The van der Waals surface area contributed by atoms with Gasteiger partial charge in [-0.15, -0.1) is 12.4 Å². The van der Waals surface area contributed by atoms with Crippen molar-refractivity contribution in [2.75, 3.05) is 6.61 Å². The second-order valence-corrected chi connectivity index (χ2v) is 3.56. The first-order valence-electron chi connectivity index (χ1n) is 4.89. The number of esters is 1. The molecule has 0 unspecified atom stereocenters. The Morgan fingerprint density at radius 3 is 2.33 bits per heavy atom. The summed E-state index contributed by atoms with van der Waals surface area (Å²) in [5.74, 6) is -3.63. The fraction of sp³-hybridized carbons (Fsp3) is 0.364. The maximum Gasteiger partial charge on any atom is 0.308 e. The molecule has 18 heavy (non-hydrogen) atoms. The van der Waals surface area contributed by atoms with Gasteiger partial charge in [0.15, 0.2) is 0 Å². The van der Waals surface area contributed by atoms with Crippen LogP contribution in [0.15, 0.2) is 24.3 Å². The van der Waals surface area contributed by atoms with Gasteiger partial charge in [-0.1, -0.05) is 12.1 Å². The number of aliphatic hydroxyl groups excluding tert-OH is 1. The SMILES string of the molecule is CC(=O)Oc1ccc([C@@H](N)C(F)(F)CO)cc1.Cl. The van der Waals surface area contributed by atoms with Crippen LogP contribution < -0.4 is 10.5 Å².